The molecular weight excluding hydrogens is 244 g/mol. The van der Waals surface area contributed by atoms with Crippen LogP contribution in [0.2, 0.25) is 0 Å². The molecule has 0 N–H and O–H groups in total. The maximum Gasteiger partial charge on any atom is 0.242 e. The first kappa shape index (κ1) is 12.1. The molecule has 0 unspecified atom stereocenters. The van der Waals surface area contributed by atoms with Gasteiger partial charge in [0.2, 0.25) is 5.91 Å². The van der Waals surface area contributed by atoms with Gasteiger partial charge < -0.3 is 14.2 Å². The quantitative estimate of drug-likeness (QED) is 0.793. The normalized spacial score (nSPS) is 15.9. The van der Waals surface area contributed by atoms with E-state index in [0.29, 0.717) is 38.7 Å². The number of ether oxygens (including phenoxy) is 1. The van der Waals surface area contributed by atoms with Crippen molar-refractivity contribution in [3.8, 4) is 0 Å². The van der Waals surface area contributed by atoms with Crippen molar-refractivity contribution in [2.45, 2.75) is 13.5 Å². The molecular formula is C13H16N4O2. The number of hydrogen-bond acceptors (Lipinski definition) is 4. The molecule has 19 heavy (non-hydrogen) atoms. The molecule has 0 aliphatic carbocycles. The van der Waals surface area contributed by atoms with Crippen LogP contribution in [0, 0.1) is 6.92 Å². The van der Waals surface area contributed by atoms with E-state index in [1.165, 1.54) is 0 Å². The minimum absolute atomic E-state index is 0.108. The Morgan fingerprint density at radius 3 is 3.00 bits per heavy atom. The number of aryl methyl sites for hydroxylation is 1. The van der Waals surface area contributed by atoms with Gasteiger partial charge in [0.1, 0.15) is 18.0 Å². The molecule has 2 aromatic heterocycles. The van der Waals surface area contributed by atoms with Crippen LogP contribution in [0.4, 0.5) is 0 Å². The van der Waals surface area contributed by atoms with Crippen molar-refractivity contribution in [3.63, 3.8) is 0 Å². The summed E-state index contributed by atoms with van der Waals surface area (Å²) in [7, 11) is 0. The summed E-state index contributed by atoms with van der Waals surface area (Å²) >= 11 is 0. The third kappa shape index (κ3) is 2.44. The Balaban J connectivity index is 1.80. The van der Waals surface area contributed by atoms with Crippen LogP contribution in [-0.4, -0.2) is 51.6 Å². The Labute approximate surface area is 111 Å². The molecule has 0 saturated carbocycles. The fourth-order valence-electron chi connectivity index (χ4n) is 2.24. The van der Waals surface area contributed by atoms with Crippen LogP contribution in [0.1, 0.15) is 5.82 Å². The smallest absolute Gasteiger partial charge is 0.242 e. The van der Waals surface area contributed by atoms with Gasteiger partial charge in [0, 0.05) is 30.9 Å². The van der Waals surface area contributed by atoms with Gasteiger partial charge in [-0.1, -0.05) is 0 Å². The van der Waals surface area contributed by atoms with Crippen molar-refractivity contribution in [1.82, 2.24) is 19.4 Å². The SMILES string of the molecule is Cc1ncc2ccn(CC(=O)N3CCOCC3)c2n1. The van der Waals surface area contributed by atoms with Crippen LogP contribution in [0.25, 0.3) is 11.0 Å². The van der Waals surface area contributed by atoms with Crippen molar-refractivity contribution in [3.05, 3.63) is 24.3 Å². The molecule has 3 heterocycles. The molecule has 0 aromatic carbocycles. The summed E-state index contributed by atoms with van der Waals surface area (Å²) in [4.78, 5) is 22.6. The zero-order chi connectivity index (χ0) is 13.2. The fourth-order valence-corrected chi connectivity index (χ4v) is 2.24. The molecule has 1 amide bonds. The lowest BCUT2D eigenvalue weighted by atomic mass is 10.4. The summed E-state index contributed by atoms with van der Waals surface area (Å²) in [5.74, 6) is 0.823. The van der Waals surface area contributed by atoms with Crippen LogP contribution in [0.3, 0.4) is 0 Å². The molecule has 0 atom stereocenters. The number of fused-ring (bicyclic) bond motifs is 1. The van der Waals surface area contributed by atoms with Gasteiger partial charge in [-0.15, -0.1) is 0 Å². The van der Waals surface area contributed by atoms with Gasteiger partial charge in [0.15, 0.2) is 0 Å². The zero-order valence-electron chi connectivity index (χ0n) is 10.9. The number of carbonyl (C=O) groups is 1. The molecule has 2 aromatic rings. The lowest BCUT2D eigenvalue weighted by molar-refractivity contribution is -0.135. The Morgan fingerprint density at radius 1 is 1.42 bits per heavy atom. The Kier molecular flexibility index (Phi) is 3.16. The van der Waals surface area contributed by atoms with Crippen molar-refractivity contribution < 1.29 is 9.53 Å². The Bertz CT molecular complexity index is 602. The first-order valence-corrected chi connectivity index (χ1v) is 6.38. The topological polar surface area (TPSA) is 60.2 Å². The number of aromatic nitrogens is 3. The summed E-state index contributed by atoms with van der Waals surface area (Å²) in [6.45, 7) is 4.76. The molecule has 6 nitrogen and oxygen atoms in total. The number of rotatable bonds is 2. The van der Waals surface area contributed by atoms with Crippen LogP contribution >= 0.6 is 0 Å². The van der Waals surface area contributed by atoms with Crippen molar-refractivity contribution in [1.29, 1.82) is 0 Å². The molecule has 6 heteroatoms. The minimum atomic E-state index is 0.108. The predicted octanol–water partition coefficient (Wildman–Crippen LogP) is 0.599. The summed E-state index contributed by atoms with van der Waals surface area (Å²) < 4.78 is 7.13. The van der Waals surface area contributed by atoms with Gasteiger partial charge in [-0.3, -0.25) is 4.79 Å². The first-order valence-electron chi connectivity index (χ1n) is 6.38. The van der Waals surface area contributed by atoms with Crippen LogP contribution < -0.4 is 0 Å². The molecule has 0 bridgehead atoms. The van der Waals surface area contributed by atoms with E-state index in [9.17, 15) is 4.79 Å². The van der Waals surface area contributed by atoms with Gasteiger partial charge in [-0.25, -0.2) is 9.97 Å². The second-order valence-electron chi connectivity index (χ2n) is 4.63. The van der Waals surface area contributed by atoms with Gasteiger partial charge >= 0.3 is 0 Å². The van der Waals surface area contributed by atoms with E-state index in [1.54, 1.807) is 6.20 Å². The number of amides is 1. The van der Waals surface area contributed by atoms with E-state index in [-0.39, 0.29) is 5.91 Å². The first-order chi connectivity index (χ1) is 9.24. The average Bonchev–Trinajstić information content (AvgIpc) is 2.82. The summed E-state index contributed by atoms with van der Waals surface area (Å²) in [6.07, 6.45) is 3.67. The lowest BCUT2D eigenvalue weighted by Gasteiger charge is -2.27. The minimum Gasteiger partial charge on any atom is -0.378 e. The molecule has 0 spiro atoms. The molecule has 3 rings (SSSR count). The van der Waals surface area contributed by atoms with E-state index < -0.39 is 0 Å². The molecule has 0 radical (unpaired) electrons. The Morgan fingerprint density at radius 2 is 2.21 bits per heavy atom. The van der Waals surface area contributed by atoms with E-state index in [1.807, 2.05) is 28.7 Å². The van der Waals surface area contributed by atoms with E-state index in [2.05, 4.69) is 9.97 Å². The fraction of sp³-hybridized carbons (Fsp3) is 0.462. The average molecular weight is 260 g/mol. The van der Waals surface area contributed by atoms with E-state index in [4.69, 9.17) is 4.74 Å². The lowest BCUT2D eigenvalue weighted by Crippen LogP contribution is -2.42. The Hall–Kier alpha value is -1.95. The predicted molar refractivity (Wildman–Crippen MR) is 69.7 cm³/mol. The largest absolute Gasteiger partial charge is 0.378 e. The highest BCUT2D eigenvalue weighted by molar-refractivity contribution is 5.80. The van der Waals surface area contributed by atoms with Crippen LogP contribution in [-0.2, 0) is 16.1 Å². The van der Waals surface area contributed by atoms with Gasteiger partial charge in [0.25, 0.3) is 0 Å². The second-order valence-corrected chi connectivity index (χ2v) is 4.63. The molecule has 1 aliphatic heterocycles. The maximum atomic E-state index is 12.2. The summed E-state index contributed by atoms with van der Waals surface area (Å²) in [5.41, 5.74) is 0.814. The summed E-state index contributed by atoms with van der Waals surface area (Å²) in [6, 6.07) is 1.93. The van der Waals surface area contributed by atoms with Crippen LogP contribution in [0.15, 0.2) is 18.5 Å². The molecule has 1 fully saturated rings. The summed E-state index contributed by atoms with van der Waals surface area (Å²) in [5, 5.41) is 0.959. The number of morpholine rings is 1. The standard InChI is InChI=1S/C13H16N4O2/c1-10-14-8-11-2-3-17(13(11)15-10)9-12(18)16-4-6-19-7-5-16/h2-3,8H,4-7,9H2,1H3. The number of nitrogens with zero attached hydrogens (tertiary/aromatic N) is 4. The molecule has 1 saturated heterocycles. The molecule has 100 valence electrons. The van der Waals surface area contributed by atoms with Crippen molar-refractivity contribution in [2.24, 2.45) is 0 Å². The third-order valence-corrected chi connectivity index (χ3v) is 3.29. The second kappa shape index (κ2) is 4.97. The van der Waals surface area contributed by atoms with E-state index in [0.717, 1.165) is 11.0 Å². The van der Waals surface area contributed by atoms with Crippen LogP contribution in [0.5, 0.6) is 0 Å². The highest BCUT2D eigenvalue weighted by atomic mass is 16.5. The zero-order valence-corrected chi connectivity index (χ0v) is 10.9. The van der Waals surface area contributed by atoms with Crippen molar-refractivity contribution >= 4 is 16.9 Å². The third-order valence-electron chi connectivity index (χ3n) is 3.29. The van der Waals surface area contributed by atoms with Gasteiger partial charge in [0.05, 0.1) is 13.2 Å². The number of hydrogen-bond donors (Lipinski definition) is 0. The maximum absolute atomic E-state index is 12.2. The van der Waals surface area contributed by atoms with E-state index >= 15 is 0 Å². The highest BCUT2D eigenvalue weighted by Gasteiger charge is 2.17. The van der Waals surface area contributed by atoms with Gasteiger partial charge in [-0.2, -0.15) is 0 Å². The molecule has 1 aliphatic rings. The number of carbonyl (C=O) groups excluding carboxylic acids is 1. The highest BCUT2D eigenvalue weighted by Crippen LogP contribution is 2.13. The van der Waals surface area contributed by atoms with Gasteiger partial charge in [-0.05, 0) is 13.0 Å². The monoisotopic (exact) mass is 260 g/mol. The van der Waals surface area contributed by atoms with Crippen molar-refractivity contribution in [2.75, 3.05) is 26.3 Å².